The van der Waals surface area contributed by atoms with E-state index in [1.165, 1.54) is 7.11 Å². The molecule has 5 rings (SSSR count). The molecule has 1 atom stereocenters. The van der Waals surface area contributed by atoms with E-state index in [-0.39, 0.29) is 17.1 Å². The summed E-state index contributed by atoms with van der Waals surface area (Å²) in [7, 11) is 1.54. The topological polar surface area (TPSA) is 72.2 Å². The van der Waals surface area contributed by atoms with E-state index in [9.17, 15) is 9.59 Å². The van der Waals surface area contributed by atoms with Gasteiger partial charge in [0.25, 0.3) is 5.91 Å². The van der Waals surface area contributed by atoms with Crippen molar-refractivity contribution in [2.75, 3.05) is 46.5 Å². The lowest BCUT2D eigenvalue weighted by Gasteiger charge is -2.29. The SMILES string of the molecule is COc1ccc2c(=O)c3c(oc2c1)C(=O)N(CCCN1CCOCC1)C3c1ccc(Cl)c(Cl)c1. The van der Waals surface area contributed by atoms with Crippen LogP contribution in [0.3, 0.4) is 0 Å². The quantitative estimate of drug-likeness (QED) is 0.498. The van der Waals surface area contributed by atoms with Gasteiger partial charge in [0, 0.05) is 32.2 Å². The van der Waals surface area contributed by atoms with Crippen LogP contribution < -0.4 is 10.2 Å². The number of ether oxygens (including phenoxy) is 2. The van der Waals surface area contributed by atoms with Gasteiger partial charge in [0.1, 0.15) is 11.3 Å². The fourth-order valence-electron chi connectivity index (χ4n) is 4.67. The first-order chi connectivity index (χ1) is 16.5. The zero-order chi connectivity index (χ0) is 23.8. The summed E-state index contributed by atoms with van der Waals surface area (Å²) in [5.74, 6) is 0.299. The van der Waals surface area contributed by atoms with Crippen LogP contribution in [0, 0.1) is 0 Å². The van der Waals surface area contributed by atoms with Gasteiger partial charge in [-0.1, -0.05) is 29.3 Å². The number of carbonyl (C=O) groups excluding carboxylic acids is 1. The number of morpholine rings is 1. The summed E-state index contributed by atoms with van der Waals surface area (Å²) < 4.78 is 16.7. The predicted octanol–water partition coefficient (Wildman–Crippen LogP) is 4.38. The Labute approximate surface area is 206 Å². The molecule has 2 aliphatic heterocycles. The largest absolute Gasteiger partial charge is 0.497 e. The van der Waals surface area contributed by atoms with Crippen molar-refractivity contribution in [2.24, 2.45) is 0 Å². The average molecular weight is 503 g/mol. The van der Waals surface area contributed by atoms with Crippen LogP contribution in [-0.2, 0) is 4.74 Å². The van der Waals surface area contributed by atoms with Crippen molar-refractivity contribution in [3.63, 3.8) is 0 Å². The molecular weight excluding hydrogens is 479 g/mol. The van der Waals surface area contributed by atoms with Crippen LogP contribution >= 0.6 is 23.2 Å². The Bertz CT molecular complexity index is 1300. The van der Waals surface area contributed by atoms with Crippen LogP contribution in [0.4, 0.5) is 0 Å². The molecule has 3 heterocycles. The second-order valence-electron chi connectivity index (χ2n) is 8.42. The Balaban J connectivity index is 1.55. The van der Waals surface area contributed by atoms with Crippen molar-refractivity contribution in [2.45, 2.75) is 12.5 Å². The van der Waals surface area contributed by atoms with Gasteiger partial charge < -0.3 is 18.8 Å². The van der Waals surface area contributed by atoms with Gasteiger partial charge in [-0.15, -0.1) is 0 Å². The number of benzene rings is 2. The van der Waals surface area contributed by atoms with Crippen LogP contribution in [0.5, 0.6) is 5.75 Å². The van der Waals surface area contributed by atoms with Gasteiger partial charge in [-0.05, 0) is 36.2 Å². The summed E-state index contributed by atoms with van der Waals surface area (Å²) in [5, 5.41) is 1.17. The third kappa shape index (κ3) is 4.18. The van der Waals surface area contributed by atoms with Gasteiger partial charge in [0.2, 0.25) is 5.76 Å². The standard InChI is InChI=1S/C25H24Cl2N2O5/c1-32-16-4-5-17-20(14-16)34-24-21(23(17)30)22(15-3-6-18(26)19(27)13-15)29(25(24)31)8-2-7-28-9-11-33-12-10-28/h3-6,13-14,22H,2,7-12H2,1H3. The number of hydrogen-bond acceptors (Lipinski definition) is 6. The molecule has 34 heavy (non-hydrogen) atoms. The normalized spacial score (nSPS) is 18.5. The Morgan fingerprint density at radius 3 is 2.56 bits per heavy atom. The molecule has 7 nitrogen and oxygen atoms in total. The molecule has 9 heteroatoms. The van der Waals surface area contributed by atoms with Gasteiger partial charge >= 0.3 is 0 Å². The van der Waals surface area contributed by atoms with E-state index in [1.54, 1.807) is 41.3 Å². The van der Waals surface area contributed by atoms with E-state index < -0.39 is 6.04 Å². The minimum Gasteiger partial charge on any atom is -0.497 e. The highest BCUT2D eigenvalue weighted by atomic mass is 35.5. The van der Waals surface area contributed by atoms with Crippen molar-refractivity contribution in [3.8, 4) is 5.75 Å². The summed E-state index contributed by atoms with van der Waals surface area (Å²) >= 11 is 12.4. The van der Waals surface area contributed by atoms with Gasteiger partial charge in [-0.25, -0.2) is 0 Å². The smallest absolute Gasteiger partial charge is 0.290 e. The molecule has 0 saturated carbocycles. The van der Waals surface area contributed by atoms with E-state index in [0.29, 0.717) is 57.6 Å². The number of amides is 1. The van der Waals surface area contributed by atoms with Gasteiger partial charge in [-0.2, -0.15) is 0 Å². The first-order valence-corrected chi connectivity index (χ1v) is 11.9. The maximum atomic E-state index is 13.6. The van der Waals surface area contributed by atoms with Crippen molar-refractivity contribution >= 4 is 40.1 Å². The summed E-state index contributed by atoms with van der Waals surface area (Å²) in [6.07, 6.45) is 0.749. The summed E-state index contributed by atoms with van der Waals surface area (Å²) in [6.45, 7) is 4.47. The second kappa shape index (κ2) is 9.58. The van der Waals surface area contributed by atoms with E-state index in [1.807, 2.05) is 0 Å². The fourth-order valence-corrected chi connectivity index (χ4v) is 4.98. The number of rotatable bonds is 6. The molecule has 0 aliphatic carbocycles. The zero-order valence-corrected chi connectivity index (χ0v) is 20.2. The lowest BCUT2D eigenvalue weighted by atomic mass is 9.98. The highest BCUT2D eigenvalue weighted by Gasteiger charge is 2.42. The molecule has 3 aromatic rings. The van der Waals surface area contributed by atoms with Crippen molar-refractivity contribution in [1.82, 2.24) is 9.80 Å². The molecule has 0 radical (unpaired) electrons. The maximum absolute atomic E-state index is 13.6. The molecular formula is C25H24Cl2N2O5. The highest BCUT2D eigenvalue weighted by molar-refractivity contribution is 6.42. The summed E-state index contributed by atoms with van der Waals surface area (Å²) in [6, 6.07) is 9.58. The number of fused-ring (bicyclic) bond motifs is 2. The molecule has 0 bridgehead atoms. The van der Waals surface area contributed by atoms with Crippen molar-refractivity contribution in [1.29, 1.82) is 0 Å². The lowest BCUT2D eigenvalue weighted by molar-refractivity contribution is 0.0353. The monoisotopic (exact) mass is 502 g/mol. The molecule has 178 valence electrons. The first-order valence-electron chi connectivity index (χ1n) is 11.2. The Hall–Kier alpha value is -2.58. The van der Waals surface area contributed by atoms with E-state index in [4.69, 9.17) is 37.1 Å². The fraction of sp³-hybridized carbons (Fsp3) is 0.360. The zero-order valence-electron chi connectivity index (χ0n) is 18.7. The van der Waals surface area contributed by atoms with Crippen molar-refractivity contribution in [3.05, 3.63) is 73.6 Å². The van der Waals surface area contributed by atoms with Crippen LogP contribution in [0.25, 0.3) is 11.0 Å². The molecule has 2 aromatic carbocycles. The molecule has 1 fully saturated rings. The van der Waals surface area contributed by atoms with Crippen LogP contribution in [-0.4, -0.2) is 62.2 Å². The van der Waals surface area contributed by atoms with E-state index in [0.717, 1.165) is 26.1 Å². The Morgan fingerprint density at radius 2 is 1.82 bits per heavy atom. The third-order valence-electron chi connectivity index (χ3n) is 6.41. The first kappa shape index (κ1) is 23.2. The number of halogens is 2. The highest BCUT2D eigenvalue weighted by Crippen LogP contribution is 2.40. The minimum absolute atomic E-state index is 0.0631. The Morgan fingerprint density at radius 1 is 1.03 bits per heavy atom. The lowest BCUT2D eigenvalue weighted by Crippen LogP contribution is -2.38. The number of hydrogen-bond donors (Lipinski definition) is 0. The number of carbonyl (C=O) groups is 1. The van der Waals surface area contributed by atoms with Gasteiger partial charge in [0.15, 0.2) is 5.43 Å². The van der Waals surface area contributed by atoms with Crippen LogP contribution in [0.1, 0.15) is 34.1 Å². The van der Waals surface area contributed by atoms with Crippen LogP contribution in [0.2, 0.25) is 10.0 Å². The number of nitrogens with zero attached hydrogens (tertiary/aromatic N) is 2. The molecule has 1 aromatic heterocycles. The van der Waals surface area contributed by atoms with Crippen LogP contribution in [0.15, 0.2) is 45.6 Å². The van der Waals surface area contributed by atoms with E-state index in [2.05, 4.69) is 4.90 Å². The summed E-state index contributed by atoms with van der Waals surface area (Å²) in [4.78, 5) is 31.2. The summed E-state index contributed by atoms with van der Waals surface area (Å²) in [5.41, 5.74) is 1.12. The molecule has 1 amide bonds. The van der Waals surface area contributed by atoms with Gasteiger partial charge in [-0.3, -0.25) is 14.5 Å². The van der Waals surface area contributed by atoms with E-state index >= 15 is 0 Å². The Kier molecular flexibility index (Phi) is 6.53. The minimum atomic E-state index is -0.607. The molecule has 2 aliphatic rings. The third-order valence-corrected chi connectivity index (χ3v) is 7.15. The maximum Gasteiger partial charge on any atom is 0.290 e. The average Bonchev–Trinajstić information content (AvgIpc) is 3.13. The predicted molar refractivity (Wildman–Crippen MR) is 130 cm³/mol. The number of methoxy groups -OCH3 is 1. The molecule has 0 spiro atoms. The molecule has 1 unspecified atom stereocenters. The molecule has 0 N–H and O–H groups in total. The molecule has 1 saturated heterocycles. The van der Waals surface area contributed by atoms with Crippen molar-refractivity contribution < 1.29 is 18.7 Å². The van der Waals surface area contributed by atoms with Gasteiger partial charge in [0.05, 0.1) is 47.4 Å². The second-order valence-corrected chi connectivity index (χ2v) is 9.23.